The number of halogens is 1. The average Bonchev–Trinajstić information content (AvgIpc) is 2.63. The fourth-order valence-corrected chi connectivity index (χ4v) is 4.37. The summed E-state index contributed by atoms with van der Waals surface area (Å²) < 4.78 is 15.4. The molecule has 0 radical (unpaired) electrons. The largest absolute Gasteiger partial charge is 0.206 e. The lowest BCUT2D eigenvalue weighted by atomic mass is 9.75. The number of hydrogen-bond acceptors (Lipinski definition) is 0. The van der Waals surface area contributed by atoms with E-state index in [-0.39, 0.29) is 5.82 Å². The zero-order valence-corrected chi connectivity index (χ0v) is 15.0. The van der Waals surface area contributed by atoms with Gasteiger partial charge < -0.3 is 0 Å². The van der Waals surface area contributed by atoms with Crippen LogP contribution in [-0.4, -0.2) is 0 Å². The zero-order valence-electron chi connectivity index (χ0n) is 15.0. The van der Waals surface area contributed by atoms with Crippen molar-refractivity contribution in [2.45, 2.75) is 64.7 Å². The molecule has 1 aliphatic carbocycles. The fraction of sp³-hybridized carbons (Fsp3) is 0.478. The summed E-state index contributed by atoms with van der Waals surface area (Å²) in [6.45, 7) is 4.41. The molecule has 0 aliphatic heterocycles. The van der Waals surface area contributed by atoms with Crippen molar-refractivity contribution < 1.29 is 4.39 Å². The second-order valence-electron chi connectivity index (χ2n) is 7.23. The van der Waals surface area contributed by atoms with E-state index in [0.29, 0.717) is 5.92 Å². The van der Waals surface area contributed by atoms with Gasteiger partial charge in [-0.05, 0) is 60.6 Å². The van der Waals surface area contributed by atoms with E-state index in [1.807, 2.05) is 36.4 Å². The fourth-order valence-electron chi connectivity index (χ4n) is 4.37. The summed E-state index contributed by atoms with van der Waals surface area (Å²) in [5.41, 5.74) is 3.96. The van der Waals surface area contributed by atoms with E-state index in [1.54, 1.807) is 0 Å². The molecule has 0 N–H and O–H groups in total. The molecule has 1 saturated carbocycles. The van der Waals surface area contributed by atoms with Crippen LogP contribution in [0, 0.1) is 11.7 Å². The molecule has 0 atom stereocenters. The third-order valence-corrected chi connectivity index (χ3v) is 5.69. The predicted molar refractivity (Wildman–Crippen MR) is 101 cm³/mol. The van der Waals surface area contributed by atoms with Crippen molar-refractivity contribution in [2.75, 3.05) is 0 Å². The molecule has 0 heterocycles. The number of benzene rings is 2. The lowest BCUT2D eigenvalue weighted by molar-refractivity contribution is 0.304. The Hall–Kier alpha value is -1.63. The van der Waals surface area contributed by atoms with E-state index in [1.165, 1.54) is 31.2 Å². The van der Waals surface area contributed by atoms with Crippen molar-refractivity contribution in [3.05, 3.63) is 59.4 Å². The molecule has 1 aliphatic rings. The van der Waals surface area contributed by atoms with Crippen LogP contribution in [0.15, 0.2) is 42.5 Å². The van der Waals surface area contributed by atoms with Crippen LogP contribution in [0.2, 0.25) is 0 Å². The molecule has 0 amide bonds. The third-order valence-electron chi connectivity index (χ3n) is 5.69. The minimum absolute atomic E-state index is 0.0273. The molecular formula is C23H29F. The molecule has 0 bridgehead atoms. The highest BCUT2D eigenvalue weighted by Crippen LogP contribution is 2.41. The van der Waals surface area contributed by atoms with Gasteiger partial charge in [0.2, 0.25) is 0 Å². The molecule has 0 spiro atoms. The molecule has 2 aromatic carbocycles. The first-order valence-corrected chi connectivity index (χ1v) is 9.61. The molecule has 0 nitrogen and oxygen atoms in total. The van der Waals surface area contributed by atoms with Crippen LogP contribution < -0.4 is 0 Å². The molecule has 3 rings (SSSR count). The van der Waals surface area contributed by atoms with Crippen LogP contribution in [0.25, 0.3) is 11.1 Å². The Morgan fingerprint density at radius 2 is 1.62 bits per heavy atom. The molecule has 1 heteroatoms. The Morgan fingerprint density at radius 1 is 0.917 bits per heavy atom. The maximum absolute atomic E-state index is 15.4. The van der Waals surface area contributed by atoms with Crippen molar-refractivity contribution >= 4 is 0 Å². The third kappa shape index (κ3) is 3.55. The lowest BCUT2D eigenvalue weighted by Gasteiger charge is -2.30. The van der Waals surface area contributed by atoms with E-state index in [9.17, 15) is 0 Å². The Balaban J connectivity index is 1.92. The van der Waals surface area contributed by atoms with E-state index < -0.39 is 0 Å². The highest BCUT2D eigenvalue weighted by atomic mass is 19.1. The summed E-state index contributed by atoms with van der Waals surface area (Å²) in [4.78, 5) is 0. The van der Waals surface area contributed by atoms with Crippen molar-refractivity contribution in [1.82, 2.24) is 0 Å². The van der Waals surface area contributed by atoms with Crippen LogP contribution in [-0.2, 0) is 6.42 Å². The van der Waals surface area contributed by atoms with Crippen LogP contribution >= 0.6 is 0 Å². The Kier molecular flexibility index (Phi) is 5.71. The molecular weight excluding hydrogens is 295 g/mol. The maximum atomic E-state index is 15.4. The molecule has 0 aromatic heterocycles. The summed E-state index contributed by atoms with van der Waals surface area (Å²) >= 11 is 0. The average molecular weight is 324 g/mol. The molecule has 1 fully saturated rings. The molecule has 2 aromatic rings. The summed E-state index contributed by atoms with van der Waals surface area (Å²) in [5.74, 6) is 1.29. The summed E-state index contributed by atoms with van der Waals surface area (Å²) in [6, 6.07) is 14.1. The van der Waals surface area contributed by atoms with Gasteiger partial charge in [0.25, 0.3) is 0 Å². The van der Waals surface area contributed by atoms with Gasteiger partial charge in [0, 0.05) is 5.56 Å². The highest BCUT2D eigenvalue weighted by Gasteiger charge is 2.27. The van der Waals surface area contributed by atoms with Gasteiger partial charge in [-0.2, -0.15) is 0 Å². The summed E-state index contributed by atoms with van der Waals surface area (Å²) in [5, 5.41) is 0. The van der Waals surface area contributed by atoms with Crippen LogP contribution in [0.3, 0.4) is 0 Å². The van der Waals surface area contributed by atoms with Crippen molar-refractivity contribution in [2.24, 2.45) is 5.92 Å². The second-order valence-corrected chi connectivity index (χ2v) is 7.23. The summed E-state index contributed by atoms with van der Waals surface area (Å²) in [6.07, 6.45) is 8.33. The molecule has 0 saturated heterocycles. The first-order chi connectivity index (χ1) is 11.7. The van der Waals surface area contributed by atoms with Gasteiger partial charge in [0.05, 0.1) is 0 Å². The molecule has 128 valence electrons. The number of hydrogen-bond donors (Lipinski definition) is 0. The SMILES string of the molecule is CCC[C@H]1CC[C@H](c2c(CC)ccc(-c3ccccc3)c2F)CC1. The van der Waals surface area contributed by atoms with Gasteiger partial charge >= 0.3 is 0 Å². The minimum atomic E-state index is 0.0273. The van der Waals surface area contributed by atoms with Crippen LogP contribution in [0.5, 0.6) is 0 Å². The number of rotatable bonds is 5. The Morgan fingerprint density at radius 3 is 2.25 bits per heavy atom. The standard InChI is InChI=1S/C23H29F/c1-3-8-17-11-13-20(14-12-17)22-18(4-2)15-16-21(23(22)24)19-9-6-5-7-10-19/h5-7,9-10,15-17,20H,3-4,8,11-14H2,1-2H3/t17-,20-. The quantitative estimate of drug-likeness (QED) is 0.549. The Bertz CT molecular complexity index is 651. The van der Waals surface area contributed by atoms with Crippen molar-refractivity contribution in [1.29, 1.82) is 0 Å². The van der Waals surface area contributed by atoms with Gasteiger partial charge in [0.1, 0.15) is 5.82 Å². The maximum Gasteiger partial charge on any atom is 0.134 e. The van der Waals surface area contributed by atoms with Gasteiger partial charge in [-0.1, -0.05) is 69.2 Å². The molecule has 24 heavy (non-hydrogen) atoms. The summed E-state index contributed by atoms with van der Waals surface area (Å²) in [7, 11) is 0. The van der Waals surface area contributed by atoms with Gasteiger partial charge in [-0.15, -0.1) is 0 Å². The predicted octanol–water partition coefficient (Wildman–Crippen LogP) is 7.13. The van der Waals surface area contributed by atoms with Gasteiger partial charge in [0.15, 0.2) is 0 Å². The van der Waals surface area contributed by atoms with Crippen LogP contribution in [0.1, 0.15) is 69.4 Å². The second kappa shape index (κ2) is 7.96. The normalized spacial score (nSPS) is 21.0. The van der Waals surface area contributed by atoms with E-state index in [0.717, 1.165) is 41.9 Å². The smallest absolute Gasteiger partial charge is 0.134 e. The number of aryl methyl sites for hydroxylation is 1. The topological polar surface area (TPSA) is 0 Å². The van der Waals surface area contributed by atoms with E-state index in [2.05, 4.69) is 19.9 Å². The first-order valence-electron chi connectivity index (χ1n) is 9.61. The lowest BCUT2D eigenvalue weighted by Crippen LogP contribution is -2.16. The first kappa shape index (κ1) is 17.2. The zero-order chi connectivity index (χ0) is 16.9. The van der Waals surface area contributed by atoms with Gasteiger partial charge in [-0.3, -0.25) is 0 Å². The monoisotopic (exact) mass is 324 g/mol. The van der Waals surface area contributed by atoms with Crippen LogP contribution in [0.4, 0.5) is 4.39 Å². The van der Waals surface area contributed by atoms with Crippen molar-refractivity contribution in [3.8, 4) is 11.1 Å². The van der Waals surface area contributed by atoms with Crippen molar-refractivity contribution in [3.63, 3.8) is 0 Å². The van der Waals surface area contributed by atoms with Gasteiger partial charge in [-0.25, -0.2) is 4.39 Å². The highest BCUT2D eigenvalue weighted by molar-refractivity contribution is 5.66. The molecule has 0 unspecified atom stereocenters. The van der Waals surface area contributed by atoms with E-state index >= 15 is 4.39 Å². The Labute approximate surface area is 146 Å². The minimum Gasteiger partial charge on any atom is -0.206 e. The van der Waals surface area contributed by atoms with E-state index in [4.69, 9.17) is 0 Å².